The summed E-state index contributed by atoms with van der Waals surface area (Å²) in [6.45, 7) is 4.93. The molecular weight excluding hydrogens is 284 g/mol. The first-order chi connectivity index (χ1) is 10.3. The smallest absolute Gasteiger partial charge is 0.234 e. The van der Waals surface area contributed by atoms with Crippen molar-refractivity contribution in [3.05, 3.63) is 29.3 Å². The highest BCUT2D eigenvalue weighted by atomic mass is 32.1. The van der Waals surface area contributed by atoms with Gasteiger partial charge in [0.25, 0.3) is 0 Å². The van der Waals surface area contributed by atoms with Gasteiger partial charge in [-0.25, -0.2) is 4.98 Å². The number of thiazole rings is 1. The Morgan fingerprint density at radius 3 is 3.14 bits per heavy atom. The molecule has 0 aliphatic carbocycles. The summed E-state index contributed by atoms with van der Waals surface area (Å²) in [6, 6.07) is 8.05. The summed E-state index contributed by atoms with van der Waals surface area (Å²) in [7, 11) is 0. The predicted octanol–water partition coefficient (Wildman–Crippen LogP) is 1.21. The lowest BCUT2D eigenvalue weighted by Crippen LogP contribution is -2.38. The van der Waals surface area contributed by atoms with E-state index in [-0.39, 0.29) is 5.91 Å². The number of fused-ring (bicyclic) bond motifs is 1. The van der Waals surface area contributed by atoms with E-state index in [1.165, 1.54) is 4.70 Å². The molecule has 1 aliphatic rings. The number of hydrogen-bond donors (Lipinski definition) is 2. The van der Waals surface area contributed by atoms with Gasteiger partial charge in [-0.05, 0) is 31.6 Å². The van der Waals surface area contributed by atoms with E-state index in [9.17, 15) is 4.79 Å². The Kier molecular flexibility index (Phi) is 4.80. The van der Waals surface area contributed by atoms with Gasteiger partial charge in [0, 0.05) is 13.1 Å². The topological polar surface area (TPSA) is 57.3 Å². The molecule has 0 bridgehead atoms. The van der Waals surface area contributed by atoms with Crippen molar-refractivity contribution in [2.24, 2.45) is 0 Å². The van der Waals surface area contributed by atoms with Crippen LogP contribution in [0.2, 0.25) is 0 Å². The second kappa shape index (κ2) is 6.98. The average molecular weight is 304 g/mol. The molecule has 6 heteroatoms. The molecule has 1 fully saturated rings. The third kappa shape index (κ3) is 4.00. The van der Waals surface area contributed by atoms with Crippen LogP contribution in [0.4, 0.5) is 0 Å². The number of para-hydroxylation sites is 1. The zero-order valence-corrected chi connectivity index (χ0v) is 12.8. The molecule has 0 saturated carbocycles. The molecule has 1 amide bonds. The van der Waals surface area contributed by atoms with Crippen molar-refractivity contribution in [2.75, 3.05) is 32.7 Å². The average Bonchev–Trinajstić information content (AvgIpc) is 2.74. The van der Waals surface area contributed by atoms with Crippen LogP contribution in [0.3, 0.4) is 0 Å². The Bertz CT molecular complexity index is 571. The molecule has 1 aromatic heterocycles. The van der Waals surface area contributed by atoms with Gasteiger partial charge in [0.15, 0.2) is 0 Å². The van der Waals surface area contributed by atoms with Crippen molar-refractivity contribution in [3.63, 3.8) is 0 Å². The molecule has 0 spiro atoms. The highest BCUT2D eigenvalue weighted by molar-refractivity contribution is 7.18. The van der Waals surface area contributed by atoms with Gasteiger partial charge >= 0.3 is 0 Å². The maximum Gasteiger partial charge on any atom is 0.234 e. The van der Waals surface area contributed by atoms with E-state index in [1.54, 1.807) is 11.3 Å². The van der Waals surface area contributed by atoms with Crippen molar-refractivity contribution < 1.29 is 4.79 Å². The Balaban J connectivity index is 1.50. The van der Waals surface area contributed by atoms with Crippen molar-refractivity contribution >= 4 is 27.5 Å². The highest BCUT2D eigenvalue weighted by Gasteiger charge is 2.13. The lowest BCUT2D eigenvalue weighted by Gasteiger charge is -2.18. The van der Waals surface area contributed by atoms with Crippen molar-refractivity contribution in [2.45, 2.75) is 13.0 Å². The molecule has 0 atom stereocenters. The van der Waals surface area contributed by atoms with Crippen LogP contribution in [0.5, 0.6) is 0 Å². The van der Waals surface area contributed by atoms with E-state index in [2.05, 4.69) is 26.6 Å². The number of carbonyl (C=O) groups is 1. The Hall–Kier alpha value is -1.50. The van der Waals surface area contributed by atoms with Crippen LogP contribution < -0.4 is 10.6 Å². The SMILES string of the molecule is O=C(CN1CCCNCC1)NCc1nc2ccccc2s1. The quantitative estimate of drug-likeness (QED) is 0.891. The van der Waals surface area contributed by atoms with Gasteiger partial charge in [0.1, 0.15) is 5.01 Å². The first-order valence-electron chi connectivity index (χ1n) is 7.35. The summed E-state index contributed by atoms with van der Waals surface area (Å²) >= 11 is 1.64. The molecule has 1 aliphatic heterocycles. The molecular formula is C15H20N4OS. The van der Waals surface area contributed by atoms with E-state index in [0.717, 1.165) is 43.1 Å². The summed E-state index contributed by atoms with van der Waals surface area (Å²) in [5.41, 5.74) is 1.00. The Morgan fingerprint density at radius 1 is 1.33 bits per heavy atom. The van der Waals surface area contributed by atoms with Crippen LogP contribution in [-0.2, 0) is 11.3 Å². The Labute approximate surface area is 128 Å². The number of rotatable bonds is 4. The van der Waals surface area contributed by atoms with E-state index >= 15 is 0 Å². The molecule has 2 aromatic rings. The van der Waals surface area contributed by atoms with Gasteiger partial charge in [-0.3, -0.25) is 9.69 Å². The van der Waals surface area contributed by atoms with Gasteiger partial charge in [-0.1, -0.05) is 12.1 Å². The second-order valence-corrected chi connectivity index (χ2v) is 6.35. The van der Waals surface area contributed by atoms with Crippen LogP contribution in [0.25, 0.3) is 10.2 Å². The normalized spacial score (nSPS) is 16.8. The van der Waals surface area contributed by atoms with E-state index in [0.29, 0.717) is 13.1 Å². The minimum absolute atomic E-state index is 0.0798. The van der Waals surface area contributed by atoms with Crippen molar-refractivity contribution in [3.8, 4) is 0 Å². The first kappa shape index (κ1) is 14.4. The standard InChI is InChI=1S/C15H20N4OS/c20-14(11-19-8-3-6-16-7-9-19)17-10-15-18-12-4-1-2-5-13(12)21-15/h1-2,4-5,16H,3,6-11H2,(H,17,20). The van der Waals surface area contributed by atoms with Gasteiger partial charge in [0.2, 0.25) is 5.91 Å². The summed E-state index contributed by atoms with van der Waals surface area (Å²) in [6.07, 6.45) is 1.10. The van der Waals surface area contributed by atoms with Crippen LogP contribution in [-0.4, -0.2) is 48.5 Å². The summed E-state index contributed by atoms with van der Waals surface area (Å²) in [4.78, 5) is 18.7. The first-order valence-corrected chi connectivity index (χ1v) is 8.17. The monoisotopic (exact) mass is 304 g/mol. The molecule has 21 heavy (non-hydrogen) atoms. The number of aromatic nitrogens is 1. The summed E-state index contributed by atoms with van der Waals surface area (Å²) in [5, 5.41) is 7.28. The number of nitrogens with one attached hydrogen (secondary N) is 2. The highest BCUT2D eigenvalue weighted by Crippen LogP contribution is 2.21. The fourth-order valence-corrected chi connectivity index (χ4v) is 3.40. The maximum absolute atomic E-state index is 12.0. The van der Waals surface area contributed by atoms with Crippen molar-refractivity contribution in [1.82, 2.24) is 20.5 Å². The van der Waals surface area contributed by atoms with Gasteiger partial charge in [-0.2, -0.15) is 0 Å². The predicted molar refractivity (Wildman–Crippen MR) is 85.4 cm³/mol. The molecule has 5 nitrogen and oxygen atoms in total. The third-order valence-electron chi connectivity index (χ3n) is 3.57. The number of amides is 1. The number of benzene rings is 1. The number of hydrogen-bond acceptors (Lipinski definition) is 5. The van der Waals surface area contributed by atoms with Gasteiger partial charge in [-0.15, -0.1) is 11.3 Å². The summed E-state index contributed by atoms with van der Waals surface area (Å²) < 4.78 is 1.17. The van der Waals surface area contributed by atoms with Crippen LogP contribution in [0.15, 0.2) is 24.3 Å². The fraction of sp³-hybridized carbons (Fsp3) is 0.467. The Morgan fingerprint density at radius 2 is 2.24 bits per heavy atom. The molecule has 2 heterocycles. The maximum atomic E-state index is 12.0. The molecule has 1 aromatic carbocycles. The van der Waals surface area contributed by atoms with Gasteiger partial charge < -0.3 is 10.6 Å². The largest absolute Gasteiger partial charge is 0.348 e. The van der Waals surface area contributed by atoms with Crippen molar-refractivity contribution in [1.29, 1.82) is 0 Å². The zero-order valence-electron chi connectivity index (χ0n) is 12.0. The lowest BCUT2D eigenvalue weighted by molar-refractivity contribution is -0.122. The van der Waals surface area contributed by atoms with Gasteiger partial charge in [0.05, 0.1) is 23.3 Å². The zero-order chi connectivity index (χ0) is 14.5. The van der Waals surface area contributed by atoms with E-state index < -0.39 is 0 Å². The van der Waals surface area contributed by atoms with Crippen LogP contribution >= 0.6 is 11.3 Å². The number of nitrogens with zero attached hydrogens (tertiary/aromatic N) is 2. The molecule has 1 saturated heterocycles. The molecule has 0 unspecified atom stereocenters. The molecule has 112 valence electrons. The third-order valence-corrected chi connectivity index (χ3v) is 4.61. The summed E-state index contributed by atoms with van der Waals surface area (Å²) in [5.74, 6) is 0.0798. The molecule has 0 radical (unpaired) electrons. The molecule has 3 rings (SSSR count). The van der Waals surface area contributed by atoms with E-state index in [1.807, 2.05) is 18.2 Å². The van der Waals surface area contributed by atoms with Crippen LogP contribution in [0.1, 0.15) is 11.4 Å². The van der Waals surface area contributed by atoms with Crippen LogP contribution in [0, 0.1) is 0 Å². The van der Waals surface area contributed by atoms with E-state index in [4.69, 9.17) is 0 Å². The second-order valence-electron chi connectivity index (χ2n) is 5.23. The lowest BCUT2D eigenvalue weighted by atomic mass is 10.3. The number of carbonyl (C=O) groups excluding carboxylic acids is 1. The fourth-order valence-electron chi connectivity index (χ4n) is 2.49. The minimum atomic E-state index is 0.0798. The molecule has 2 N–H and O–H groups in total. The minimum Gasteiger partial charge on any atom is -0.348 e.